The van der Waals surface area contributed by atoms with Crippen LogP contribution in [0.1, 0.15) is 15.9 Å². The predicted molar refractivity (Wildman–Crippen MR) is 78.9 cm³/mol. The number of hydrogen-bond donors (Lipinski definition) is 3. The molecule has 0 aliphatic rings. The zero-order valence-corrected chi connectivity index (χ0v) is 11.9. The lowest BCUT2D eigenvalue weighted by molar-refractivity contribution is 0.102. The van der Waals surface area contributed by atoms with E-state index in [9.17, 15) is 4.79 Å². The van der Waals surface area contributed by atoms with Gasteiger partial charge in [-0.1, -0.05) is 6.07 Å². The molecule has 0 saturated carbocycles. The zero-order chi connectivity index (χ0) is 13.8. The maximum absolute atomic E-state index is 12.2. The van der Waals surface area contributed by atoms with Gasteiger partial charge in [0.1, 0.15) is 0 Å². The van der Waals surface area contributed by atoms with Gasteiger partial charge in [-0.2, -0.15) is 0 Å². The molecule has 0 saturated heterocycles. The fourth-order valence-corrected chi connectivity index (χ4v) is 1.99. The van der Waals surface area contributed by atoms with Gasteiger partial charge in [-0.05, 0) is 46.6 Å². The van der Waals surface area contributed by atoms with Crippen molar-refractivity contribution in [3.8, 4) is 0 Å². The van der Waals surface area contributed by atoms with Crippen molar-refractivity contribution in [1.82, 2.24) is 4.98 Å². The second kappa shape index (κ2) is 5.81. The summed E-state index contributed by atoms with van der Waals surface area (Å²) in [6.07, 6.45) is 3.23. The molecule has 19 heavy (non-hydrogen) atoms. The molecule has 0 aliphatic carbocycles. The number of aryl methyl sites for hydroxylation is 1. The topological polar surface area (TPSA) is 80.0 Å². The maximum Gasteiger partial charge on any atom is 0.257 e. The highest BCUT2D eigenvalue weighted by Crippen LogP contribution is 2.23. The summed E-state index contributed by atoms with van der Waals surface area (Å²) in [5.74, 6) is 5.20. The van der Waals surface area contributed by atoms with Crippen molar-refractivity contribution in [2.75, 3.05) is 10.7 Å². The summed E-state index contributed by atoms with van der Waals surface area (Å²) >= 11 is 3.33. The Labute approximate surface area is 119 Å². The fraction of sp³-hybridized carbons (Fsp3) is 0.0769. The molecular formula is C13H13BrN4O. The molecule has 1 heterocycles. The Morgan fingerprint density at radius 1 is 1.32 bits per heavy atom. The number of hydrazine groups is 1. The van der Waals surface area contributed by atoms with Crippen molar-refractivity contribution in [2.45, 2.75) is 6.92 Å². The van der Waals surface area contributed by atoms with Crippen molar-refractivity contribution in [3.63, 3.8) is 0 Å². The van der Waals surface area contributed by atoms with E-state index in [1.807, 2.05) is 19.1 Å². The third kappa shape index (κ3) is 3.10. The van der Waals surface area contributed by atoms with Gasteiger partial charge in [0, 0.05) is 12.4 Å². The number of benzene rings is 1. The Morgan fingerprint density at radius 2 is 2.11 bits per heavy atom. The van der Waals surface area contributed by atoms with Crippen LogP contribution in [0.2, 0.25) is 0 Å². The maximum atomic E-state index is 12.2. The summed E-state index contributed by atoms with van der Waals surface area (Å²) in [5.41, 5.74) is 5.28. The van der Waals surface area contributed by atoms with Crippen molar-refractivity contribution in [1.29, 1.82) is 0 Å². The van der Waals surface area contributed by atoms with E-state index in [1.54, 1.807) is 24.5 Å². The first-order chi connectivity index (χ1) is 9.11. The van der Waals surface area contributed by atoms with E-state index >= 15 is 0 Å². The highest BCUT2D eigenvalue weighted by Gasteiger charge is 2.12. The van der Waals surface area contributed by atoms with Crippen LogP contribution in [0.4, 0.5) is 11.4 Å². The Morgan fingerprint density at radius 3 is 2.79 bits per heavy atom. The first-order valence-corrected chi connectivity index (χ1v) is 6.39. The van der Waals surface area contributed by atoms with Crippen LogP contribution in [-0.4, -0.2) is 10.9 Å². The molecule has 2 aromatic rings. The lowest BCUT2D eigenvalue weighted by Crippen LogP contribution is -2.17. The minimum atomic E-state index is -0.236. The first kappa shape index (κ1) is 13.5. The molecule has 1 aromatic heterocycles. The molecule has 5 nitrogen and oxygen atoms in total. The van der Waals surface area contributed by atoms with E-state index in [-0.39, 0.29) is 5.91 Å². The van der Waals surface area contributed by atoms with Crippen molar-refractivity contribution in [2.24, 2.45) is 5.84 Å². The summed E-state index contributed by atoms with van der Waals surface area (Å²) in [6, 6.07) is 7.12. The molecule has 0 unspecified atom stereocenters. The van der Waals surface area contributed by atoms with Crippen LogP contribution in [-0.2, 0) is 0 Å². The average molecular weight is 321 g/mol. The quantitative estimate of drug-likeness (QED) is 0.600. The van der Waals surface area contributed by atoms with Crippen LogP contribution >= 0.6 is 15.9 Å². The third-order valence-electron chi connectivity index (χ3n) is 2.60. The third-order valence-corrected chi connectivity index (χ3v) is 3.23. The number of nitrogens with two attached hydrogens (primary N) is 1. The number of aromatic nitrogens is 1. The smallest absolute Gasteiger partial charge is 0.257 e. The van der Waals surface area contributed by atoms with Crippen molar-refractivity contribution >= 4 is 33.2 Å². The summed E-state index contributed by atoms with van der Waals surface area (Å²) in [6.45, 7) is 1.93. The molecule has 1 amide bonds. The normalized spacial score (nSPS) is 10.1. The largest absolute Gasteiger partial charge is 0.323 e. The van der Waals surface area contributed by atoms with Crippen LogP contribution in [0.3, 0.4) is 0 Å². The Kier molecular flexibility index (Phi) is 4.13. The van der Waals surface area contributed by atoms with Crippen LogP contribution in [0.15, 0.2) is 41.1 Å². The van der Waals surface area contributed by atoms with E-state index in [0.717, 1.165) is 10.0 Å². The molecule has 0 radical (unpaired) electrons. The number of rotatable bonds is 3. The number of pyridine rings is 1. The van der Waals surface area contributed by atoms with Gasteiger partial charge in [0.05, 0.1) is 21.4 Å². The van der Waals surface area contributed by atoms with E-state index in [1.165, 1.54) is 0 Å². The van der Waals surface area contributed by atoms with Crippen LogP contribution in [0.5, 0.6) is 0 Å². The summed E-state index contributed by atoms with van der Waals surface area (Å²) in [5, 5.41) is 2.80. The number of anilines is 2. The number of amides is 1. The summed E-state index contributed by atoms with van der Waals surface area (Å²) in [7, 11) is 0. The van der Waals surface area contributed by atoms with Gasteiger partial charge >= 0.3 is 0 Å². The molecule has 0 bridgehead atoms. The number of nitrogens with zero attached hydrogens (tertiary/aromatic N) is 1. The average Bonchev–Trinajstić information content (AvgIpc) is 2.41. The van der Waals surface area contributed by atoms with Crippen molar-refractivity contribution < 1.29 is 4.79 Å². The summed E-state index contributed by atoms with van der Waals surface area (Å²) in [4.78, 5) is 16.1. The minimum Gasteiger partial charge on any atom is -0.323 e. The van der Waals surface area contributed by atoms with Gasteiger partial charge in [0.2, 0.25) is 0 Å². The number of nitrogens with one attached hydrogen (secondary N) is 2. The van der Waals surface area contributed by atoms with Crippen LogP contribution < -0.4 is 16.6 Å². The molecule has 6 heteroatoms. The standard InChI is InChI=1S/C13H13BrN4O/c1-8-2-3-9(12(6-8)18-15)13(19)17-11-4-5-16-7-10(11)14/h2-7,18H,15H2,1H3,(H,16,17,19). The number of halogens is 1. The predicted octanol–water partition coefficient (Wildman–Crippen LogP) is 2.69. The Hall–Kier alpha value is -1.92. The lowest BCUT2D eigenvalue weighted by Gasteiger charge is -2.11. The van der Waals surface area contributed by atoms with E-state index in [0.29, 0.717) is 16.9 Å². The highest BCUT2D eigenvalue weighted by molar-refractivity contribution is 9.10. The number of nitrogen functional groups attached to an aromatic ring is 1. The van der Waals surface area contributed by atoms with Gasteiger partial charge in [-0.25, -0.2) is 0 Å². The monoisotopic (exact) mass is 320 g/mol. The Bertz CT molecular complexity index is 615. The molecule has 0 aliphatic heterocycles. The fourth-order valence-electron chi connectivity index (χ4n) is 1.64. The molecular weight excluding hydrogens is 308 g/mol. The van der Waals surface area contributed by atoms with E-state index in [4.69, 9.17) is 5.84 Å². The minimum absolute atomic E-state index is 0.236. The lowest BCUT2D eigenvalue weighted by atomic mass is 10.1. The molecule has 4 N–H and O–H groups in total. The Balaban J connectivity index is 2.28. The second-order valence-electron chi connectivity index (χ2n) is 4.00. The number of carbonyl (C=O) groups is 1. The van der Waals surface area contributed by atoms with Crippen molar-refractivity contribution in [3.05, 3.63) is 52.3 Å². The summed E-state index contributed by atoms with van der Waals surface area (Å²) < 4.78 is 0.720. The van der Waals surface area contributed by atoms with Gasteiger partial charge < -0.3 is 10.7 Å². The van der Waals surface area contributed by atoms with Crippen LogP contribution in [0.25, 0.3) is 0 Å². The molecule has 0 fully saturated rings. The molecule has 0 atom stereocenters. The van der Waals surface area contributed by atoms with E-state index in [2.05, 4.69) is 31.7 Å². The number of carbonyl (C=O) groups excluding carboxylic acids is 1. The van der Waals surface area contributed by atoms with Gasteiger partial charge in [-0.15, -0.1) is 0 Å². The molecule has 98 valence electrons. The highest BCUT2D eigenvalue weighted by atomic mass is 79.9. The van der Waals surface area contributed by atoms with E-state index < -0.39 is 0 Å². The van der Waals surface area contributed by atoms with Gasteiger partial charge in [0.25, 0.3) is 5.91 Å². The van der Waals surface area contributed by atoms with Gasteiger partial charge in [0.15, 0.2) is 0 Å². The molecule has 0 spiro atoms. The number of hydrogen-bond acceptors (Lipinski definition) is 4. The first-order valence-electron chi connectivity index (χ1n) is 5.60. The molecule has 1 aromatic carbocycles. The molecule has 2 rings (SSSR count). The van der Waals surface area contributed by atoms with Crippen LogP contribution in [0, 0.1) is 6.92 Å². The second-order valence-corrected chi connectivity index (χ2v) is 4.86. The zero-order valence-electron chi connectivity index (χ0n) is 10.3. The SMILES string of the molecule is Cc1ccc(C(=O)Nc2ccncc2Br)c(NN)c1. The van der Waals surface area contributed by atoms with Gasteiger partial charge in [-0.3, -0.25) is 15.6 Å².